The van der Waals surface area contributed by atoms with Gasteiger partial charge in [0.05, 0.1) is 24.4 Å². The Hall–Kier alpha value is -2.54. The average molecular weight is 960 g/mol. The van der Waals surface area contributed by atoms with Crippen molar-refractivity contribution in [2.45, 2.75) is 201 Å². The van der Waals surface area contributed by atoms with Crippen molar-refractivity contribution < 1.29 is 32.0 Å². The van der Waals surface area contributed by atoms with E-state index in [0.717, 1.165) is 95.5 Å². The summed E-state index contributed by atoms with van der Waals surface area (Å²) in [5.41, 5.74) is 7.55. The summed E-state index contributed by atoms with van der Waals surface area (Å²) < 4.78 is 5.75. The lowest BCUT2D eigenvalue weighted by Crippen LogP contribution is -2.36. The van der Waals surface area contributed by atoms with Gasteiger partial charge in [-0.2, -0.15) is 0 Å². The molecule has 10 heteroatoms. The van der Waals surface area contributed by atoms with E-state index >= 15 is 0 Å². The van der Waals surface area contributed by atoms with Gasteiger partial charge in [-0.15, -0.1) is 22.7 Å². The molecule has 4 saturated carbocycles. The van der Waals surface area contributed by atoms with Crippen LogP contribution in [0.1, 0.15) is 188 Å². The van der Waals surface area contributed by atoms with Gasteiger partial charge in [-0.3, -0.25) is 0 Å². The Kier molecular flexibility index (Phi) is 18.8. The van der Waals surface area contributed by atoms with Crippen molar-refractivity contribution >= 4 is 22.7 Å². The van der Waals surface area contributed by atoms with Gasteiger partial charge in [0, 0.05) is 37.4 Å². The minimum atomic E-state index is -0.624. The van der Waals surface area contributed by atoms with Gasteiger partial charge < -0.3 is 30.6 Å². The SMILES string of the molecule is C=C1/C(=C\C=C2/CCC[C@]3(C)[C@@H]([C@H](C)CCC[C@H](O)c4nccs4)CC[C@@H]23)C[C@@H](O)C[C@@H]1O.CC1=C(/C=C\C2=CCC[C@]3(C)[C@@H]([C@H](C)CCC[C@H](O)c4nccs4)CC[C@@H]23)C[C@@H](O)C[C@@H]1O.[2H]C. The number of aromatic nitrogens is 2. The van der Waals surface area contributed by atoms with Crippen LogP contribution in [0.25, 0.3) is 0 Å². The first-order chi connectivity index (χ1) is 32.6. The summed E-state index contributed by atoms with van der Waals surface area (Å²) in [5.74, 6) is 3.98. The van der Waals surface area contributed by atoms with Crippen molar-refractivity contribution in [2.24, 2.45) is 46.3 Å². The molecule has 14 atom stereocenters. The minimum absolute atomic E-state index is 0.330. The number of rotatable bonds is 15. The van der Waals surface area contributed by atoms with E-state index in [0.29, 0.717) is 60.2 Å². The van der Waals surface area contributed by atoms with Gasteiger partial charge in [-0.1, -0.05) is 103 Å². The van der Waals surface area contributed by atoms with Crippen molar-refractivity contribution in [1.82, 2.24) is 9.97 Å². The van der Waals surface area contributed by atoms with Gasteiger partial charge in [0.25, 0.3) is 0 Å². The first kappa shape index (κ1) is 52.3. The first-order valence-corrected chi connectivity index (χ1v) is 27.4. The number of nitrogens with zero attached hydrogens (tertiary/aromatic N) is 2. The van der Waals surface area contributed by atoms with Crippen molar-refractivity contribution in [3.05, 3.63) is 104 Å². The van der Waals surface area contributed by atoms with Crippen LogP contribution in [-0.2, 0) is 0 Å². The molecule has 372 valence electrons. The number of hydrogen-bond donors (Lipinski definition) is 6. The maximum Gasteiger partial charge on any atom is 0.121 e. The van der Waals surface area contributed by atoms with Gasteiger partial charge in [-0.05, 0) is 165 Å². The van der Waals surface area contributed by atoms with Gasteiger partial charge in [0.15, 0.2) is 0 Å². The molecule has 2 aromatic heterocycles. The summed E-state index contributed by atoms with van der Waals surface area (Å²) in [6.45, 7) is 15.9. The third kappa shape index (κ3) is 12.7. The maximum atomic E-state index is 10.4. The lowest BCUT2D eigenvalue weighted by molar-refractivity contribution is 0.0858. The molecule has 0 unspecified atom stereocenters. The van der Waals surface area contributed by atoms with Gasteiger partial charge in [0.1, 0.15) is 22.2 Å². The smallest absolute Gasteiger partial charge is 0.121 e. The summed E-state index contributed by atoms with van der Waals surface area (Å²) in [4.78, 5) is 8.51. The summed E-state index contributed by atoms with van der Waals surface area (Å²) in [6, 6.07) is 0. The number of thiazole rings is 2. The standard InChI is InChI=1S/2C28H41NO3S.CH4/c2*1-18(6-4-8-25(31)27-29-14-15-33-27)23-11-12-24-20(7-5-13-28(23,24)3)9-10-21-16-22(30)17-26(32)19(21)2;/h7,9-10,14-15,18,22-26,30-32H,4-6,8,11-13,16-17H2,1-3H3;9-10,14-15,18,22-26,30-32H,2,4-8,11-13,16-17H2,1,3H3;1H4/b10-9-;20-9+,21-10-;/t2*18-,22-,23-,24+,25+,26+,28-;/m11./s1/i;;1D. The molecule has 8 rings (SSSR count). The van der Waals surface area contributed by atoms with Crippen LogP contribution < -0.4 is 0 Å². The van der Waals surface area contributed by atoms with E-state index in [-0.39, 0.29) is 0 Å². The first-order valence-electron chi connectivity index (χ1n) is 26.6. The molecule has 2 heterocycles. The van der Waals surface area contributed by atoms with E-state index in [4.69, 9.17) is 1.37 Å². The molecule has 67 heavy (non-hydrogen) atoms. The molecule has 4 fully saturated rings. The Morgan fingerprint density at radius 3 is 1.94 bits per heavy atom. The van der Waals surface area contributed by atoms with Gasteiger partial charge >= 0.3 is 0 Å². The molecule has 6 N–H and O–H groups in total. The van der Waals surface area contributed by atoms with Gasteiger partial charge in [-0.25, -0.2) is 9.97 Å². The Balaban J connectivity index is 0.000000216. The predicted octanol–water partition coefficient (Wildman–Crippen LogP) is 12.9. The fraction of sp³-hybridized carbons (Fsp3) is 0.684. The second kappa shape index (κ2) is 24.0. The molecule has 0 amide bonds. The monoisotopic (exact) mass is 960 g/mol. The second-order valence-electron chi connectivity index (χ2n) is 21.9. The van der Waals surface area contributed by atoms with Crippen molar-refractivity contribution in [3.63, 3.8) is 0 Å². The third-order valence-electron chi connectivity index (χ3n) is 17.7. The Labute approximate surface area is 413 Å². The van der Waals surface area contributed by atoms with Crippen LogP contribution in [0.2, 0.25) is 0 Å². The molecule has 0 bridgehead atoms. The lowest BCUT2D eigenvalue weighted by atomic mass is 9.60. The third-order valence-corrected chi connectivity index (χ3v) is 19.5. The molecule has 6 aliphatic rings. The Morgan fingerprint density at radius 2 is 1.34 bits per heavy atom. The highest BCUT2D eigenvalue weighted by Gasteiger charge is 2.51. The predicted molar refractivity (Wildman–Crippen MR) is 276 cm³/mol. The Bertz CT molecular complexity index is 2060. The molecule has 0 aliphatic heterocycles. The molecular formula is C57H86N2O6S2. The maximum absolute atomic E-state index is 10.4. The second-order valence-corrected chi connectivity index (χ2v) is 23.7. The normalized spacial score (nSPS) is 35.2. The summed E-state index contributed by atoms with van der Waals surface area (Å²) in [5, 5.41) is 66.8. The molecule has 6 aliphatic carbocycles. The van der Waals surface area contributed by atoms with Crippen LogP contribution in [0.5, 0.6) is 0 Å². The highest BCUT2D eigenvalue weighted by Crippen LogP contribution is 2.61. The number of aliphatic hydroxyl groups is 6. The van der Waals surface area contributed by atoms with Crippen LogP contribution in [0.4, 0.5) is 0 Å². The van der Waals surface area contributed by atoms with Crippen LogP contribution in [0.15, 0.2) is 93.6 Å². The van der Waals surface area contributed by atoms with Crippen LogP contribution in [-0.4, -0.2) is 65.0 Å². The number of allylic oxidation sites excluding steroid dienone is 7. The van der Waals surface area contributed by atoms with Crippen LogP contribution in [0, 0.1) is 46.3 Å². The van der Waals surface area contributed by atoms with E-state index < -0.39 is 36.6 Å². The van der Waals surface area contributed by atoms with E-state index in [2.05, 4.69) is 74.6 Å². The van der Waals surface area contributed by atoms with E-state index in [9.17, 15) is 30.6 Å². The van der Waals surface area contributed by atoms with Crippen LogP contribution in [0.3, 0.4) is 0 Å². The molecule has 0 radical (unpaired) electrons. The fourth-order valence-electron chi connectivity index (χ4n) is 13.9. The van der Waals surface area contributed by atoms with E-state index in [1.54, 1.807) is 18.0 Å². The zero-order valence-electron chi connectivity index (χ0n) is 42.7. The quantitative estimate of drug-likeness (QED) is 0.103. The number of aliphatic hydroxyl groups excluding tert-OH is 6. The Morgan fingerprint density at radius 1 is 0.776 bits per heavy atom. The van der Waals surface area contributed by atoms with E-state index in [1.165, 1.54) is 80.6 Å². The molecule has 8 nitrogen and oxygen atoms in total. The lowest BCUT2D eigenvalue weighted by Gasteiger charge is -2.44. The number of fused-ring (bicyclic) bond motifs is 2. The van der Waals surface area contributed by atoms with Crippen LogP contribution >= 0.6 is 22.7 Å². The largest absolute Gasteiger partial charge is 0.393 e. The highest BCUT2D eigenvalue weighted by molar-refractivity contribution is 7.09. The average Bonchev–Trinajstić information content (AvgIpc) is 4.16. The molecule has 0 saturated heterocycles. The zero-order valence-corrected chi connectivity index (χ0v) is 43.3. The minimum Gasteiger partial charge on any atom is -0.393 e. The molecule has 0 aromatic carbocycles. The summed E-state index contributed by atoms with van der Waals surface area (Å²) >= 11 is 3.08. The van der Waals surface area contributed by atoms with Crippen molar-refractivity contribution in [1.29, 1.82) is 0 Å². The zero-order chi connectivity index (χ0) is 49.2. The van der Waals surface area contributed by atoms with Gasteiger partial charge in [0.2, 0.25) is 0 Å². The van der Waals surface area contributed by atoms with E-state index in [1.807, 2.05) is 17.7 Å². The molecule has 2 aromatic rings. The molecular weight excluding hydrogens is 873 g/mol. The summed E-state index contributed by atoms with van der Waals surface area (Å²) in [6.07, 6.45) is 31.1. The molecule has 0 spiro atoms. The number of hydrogen-bond acceptors (Lipinski definition) is 10. The highest BCUT2D eigenvalue weighted by atomic mass is 32.1. The topological polar surface area (TPSA) is 147 Å². The summed E-state index contributed by atoms with van der Waals surface area (Å²) in [7, 11) is 1.25. The van der Waals surface area contributed by atoms with Crippen molar-refractivity contribution in [3.8, 4) is 0 Å². The van der Waals surface area contributed by atoms with Crippen molar-refractivity contribution in [2.75, 3.05) is 0 Å². The fourth-order valence-corrected chi connectivity index (χ4v) is 15.2.